The van der Waals surface area contributed by atoms with Crippen molar-refractivity contribution in [3.8, 4) is 0 Å². The van der Waals surface area contributed by atoms with Crippen molar-refractivity contribution in [3.63, 3.8) is 0 Å². The quantitative estimate of drug-likeness (QED) is 0.394. The molecule has 0 aromatic heterocycles. The van der Waals surface area contributed by atoms with Crippen LogP contribution in [0.4, 0.5) is 4.39 Å². The van der Waals surface area contributed by atoms with Crippen LogP contribution in [0.1, 0.15) is 77.2 Å². The molecule has 4 N–H and O–H groups in total. The molecule has 2 amide bonds. The Balaban J connectivity index is 1.46. The molecule has 4 rings (SSSR count). The third-order valence-corrected chi connectivity index (χ3v) is 9.10. The second-order valence-electron chi connectivity index (χ2n) is 12.4. The number of hydrogen-bond donors (Lipinski definition) is 4. The lowest BCUT2D eigenvalue weighted by Crippen LogP contribution is -2.60. The fourth-order valence-electron chi connectivity index (χ4n) is 6.69. The molecule has 1 aromatic rings. The number of nitrogens with zero attached hydrogens (tertiary/aromatic N) is 1. The number of likely N-dealkylation sites (tertiary alicyclic amines) is 1. The second-order valence-corrected chi connectivity index (χ2v) is 12.4. The topological polar surface area (TPSA) is 93.7 Å². The summed E-state index contributed by atoms with van der Waals surface area (Å²) in [5, 5.41) is 19.9. The Morgan fingerprint density at radius 3 is 2.42 bits per heavy atom. The summed E-state index contributed by atoms with van der Waals surface area (Å²) in [5.41, 5.74) is 0.282. The molecule has 2 saturated heterocycles. The van der Waals surface area contributed by atoms with E-state index in [1.54, 1.807) is 12.1 Å². The molecule has 2 atom stereocenters. The van der Waals surface area contributed by atoms with Gasteiger partial charge in [0.05, 0.1) is 11.6 Å². The highest BCUT2D eigenvalue weighted by Crippen LogP contribution is 2.49. The van der Waals surface area contributed by atoms with E-state index in [1.807, 2.05) is 18.7 Å². The second kappa shape index (κ2) is 12.9. The van der Waals surface area contributed by atoms with Crippen molar-refractivity contribution >= 4 is 11.8 Å². The van der Waals surface area contributed by atoms with Gasteiger partial charge in [0, 0.05) is 39.1 Å². The lowest BCUT2D eigenvalue weighted by molar-refractivity contribution is -0.140. The average molecular weight is 531 g/mol. The fraction of sp³-hybridized carbons (Fsp3) is 0.733. The molecule has 38 heavy (non-hydrogen) atoms. The molecule has 3 fully saturated rings. The Morgan fingerprint density at radius 1 is 1.13 bits per heavy atom. The van der Waals surface area contributed by atoms with Gasteiger partial charge < -0.3 is 26.0 Å². The van der Waals surface area contributed by atoms with Crippen LogP contribution in [0.2, 0.25) is 0 Å². The first-order valence-electron chi connectivity index (χ1n) is 14.7. The number of benzene rings is 1. The minimum atomic E-state index is -0.699. The molecular formula is C30H47FN4O3. The number of aliphatic hydroxyl groups is 1. The maximum absolute atomic E-state index is 13.9. The van der Waals surface area contributed by atoms with E-state index in [2.05, 4.69) is 16.0 Å². The van der Waals surface area contributed by atoms with E-state index in [-0.39, 0.29) is 29.1 Å². The van der Waals surface area contributed by atoms with Gasteiger partial charge in [-0.25, -0.2) is 4.39 Å². The molecule has 1 aliphatic carbocycles. The molecule has 212 valence electrons. The van der Waals surface area contributed by atoms with Crippen LogP contribution in [0, 0.1) is 17.2 Å². The van der Waals surface area contributed by atoms with Crippen molar-refractivity contribution in [2.45, 2.75) is 95.7 Å². The zero-order valence-electron chi connectivity index (χ0n) is 23.2. The molecule has 7 nitrogen and oxygen atoms in total. The molecule has 0 spiro atoms. The predicted molar refractivity (Wildman–Crippen MR) is 147 cm³/mol. The molecule has 1 aromatic carbocycles. The molecular weight excluding hydrogens is 483 g/mol. The first-order chi connectivity index (χ1) is 18.2. The largest absolute Gasteiger partial charge is 0.390 e. The van der Waals surface area contributed by atoms with Crippen LogP contribution >= 0.6 is 0 Å². The highest BCUT2D eigenvalue weighted by atomic mass is 19.1. The van der Waals surface area contributed by atoms with Gasteiger partial charge in [-0.1, -0.05) is 31.4 Å². The maximum Gasteiger partial charge on any atom is 0.245 e. The molecule has 0 radical (unpaired) electrons. The number of halogens is 1. The summed E-state index contributed by atoms with van der Waals surface area (Å²) >= 11 is 0. The van der Waals surface area contributed by atoms with Gasteiger partial charge in [0.15, 0.2) is 0 Å². The van der Waals surface area contributed by atoms with E-state index in [4.69, 9.17) is 0 Å². The first kappa shape index (κ1) is 29.0. The Morgan fingerprint density at radius 2 is 1.82 bits per heavy atom. The van der Waals surface area contributed by atoms with Crippen molar-refractivity contribution in [2.24, 2.45) is 11.3 Å². The van der Waals surface area contributed by atoms with Gasteiger partial charge in [0.1, 0.15) is 11.9 Å². The van der Waals surface area contributed by atoms with Crippen LogP contribution in [-0.2, 0) is 16.0 Å². The minimum Gasteiger partial charge on any atom is -0.390 e. The number of piperidine rings is 1. The van der Waals surface area contributed by atoms with Gasteiger partial charge in [-0.3, -0.25) is 9.59 Å². The van der Waals surface area contributed by atoms with Crippen molar-refractivity contribution in [2.75, 3.05) is 32.7 Å². The van der Waals surface area contributed by atoms with E-state index in [0.717, 1.165) is 37.8 Å². The molecule has 1 saturated carbocycles. The van der Waals surface area contributed by atoms with Crippen LogP contribution in [0.15, 0.2) is 24.3 Å². The SMILES string of the molecule is CC(C)(O)CCC1(C2CCCCC2)CCN(C(=O)[C@@H](Cc2ccc(F)cc2)NC(=O)[C@@H]2CNCCN2)CC1. The number of rotatable bonds is 9. The molecule has 0 bridgehead atoms. The molecule has 2 aliphatic heterocycles. The number of amides is 2. The molecule has 3 aliphatic rings. The van der Waals surface area contributed by atoms with Gasteiger partial charge in [0.25, 0.3) is 0 Å². The van der Waals surface area contributed by atoms with Crippen LogP contribution < -0.4 is 16.0 Å². The number of hydrogen-bond acceptors (Lipinski definition) is 5. The van der Waals surface area contributed by atoms with Gasteiger partial charge in [-0.15, -0.1) is 0 Å². The Hall–Kier alpha value is -2.03. The van der Waals surface area contributed by atoms with Crippen molar-refractivity contribution in [1.29, 1.82) is 0 Å². The highest BCUT2D eigenvalue weighted by Gasteiger charge is 2.43. The standard InChI is InChI=1S/C30H47FN4O3/c1-29(2,38)12-13-30(23-6-4-3-5-7-23)14-18-35(19-15-30)28(37)25(20-22-8-10-24(31)11-9-22)34-27(36)26-21-32-16-17-33-26/h8-11,23,25-26,32-33,38H,3-7,12-21H2,1-2H3,(H,34,36)/t25-,26+/m1/s1. The fourth-order valence-corrected chi connectivity index (χ4v) is 6.69. The summed E-state index contributed by atoms with van der Waals surface area (Å²) in [4.78, 5) is 28.8. The average Bonchev–Trinajstić information content (AvgIpc) is 2.93. The van der Waals surface area contributed by atoms with Gasteiger partial charge in [-0.2, -0.15) is 0 Å². The van der Waals surface area contributed by atoms with Gasteiger partial charge >= 0.3 is 0 Å². The van der Waals surface area contributed by atoms with Crippen LogP contribution in [0.5, 0.6) is 0 Å². The highest BCUT2D eigenvalue weighted by molar-refractivity contribution is 5.90. The van der Waals surface area contributed by atoms with E-state index < -0.39 is 11.6 Å². The smallest absolute Gasteiger partial charge is 0.245 e. The summed E-state index contributed by atoms with van der Waals surface area (Å²) in [5.74, 6) is 0.0808. The number of carbonyl (C=O) groups is 2. The van der Waals surface area contributed by atoms with Crippen molar-refractivity contribution in [1.82, 2.24) is 20.9 Å². The molecule has 0 unspecified atom stereocenters. The maximum atomic E-state index is 13.9. The van der Waals surface area contributed by atoms with Crippen LogP contribution in [-0.4, -0.2) is 72.2 Å². The summed E-state index contributed by atoms with van der Waals surface area (Å²) in [6.07, 6.45) is 10.3. The molecule has 2 heterocycles. The minimum absolute atomic E-state index is 0.0637. The Kier molecular flexibility index (Phi) is 9.82. The van der Waals surface area contributed by atoms with E-state index >= 15 is 0 Å². The van der Waals surface area contributed by atoms with Crippen molar-refractivity contribution in [3.05, 3.63) is 35.6 Å². The van der Waals surface area contributed by atoms with Crippen LogP contribution in [0.3, 0.4) is 0 Å². The third kappa shape index (κ3) is 7.76. The van der Waals surface area contributed by atoms with E-state index in [0.29, 0.717) is 38.5 Å². The van der Waals surface area contributed by atoms with Gasteiger partial charge in [-0.05, 0) is 81.4 Å². The zero-order chi connectivity index (χ0) is 27.2. The normalized spacial score (nSPS) is 23.6. The van der Waals surface area contributed by atoms with Gasteiger partial charge in [0.2, 0.25) is 11.8 Å². The predicted octanol–water partition coefficient (Wildman–Crippen LogP) is 3.15. The Labute approximate surface area is 227 Å². The zero-order valence-corrected chi connectivity index (χ0v) is 23.2. The number of piperazine rings is 1. The monoisotopic (exact) mass is 530 g/mol. The van der Waals surface area contributed by atoms with E-state index in [1.165, 1.54) is 44.2 Å². The Bertz CT molecular complexity index is 912. The van der Waals surface area contributed by atoms with Crippen molar-refractivity contribution < 1.29 is 19.1 Å². The van der Waals surface area contributed by atoms with Crippen LogP contribution in [0.25, 0.3) is 0 Å². The summed E-state index contributed by atoms with van der Waals surface area (Å²) < 4.78 is 13.5. The first-order valence-corrected chi connectivity index (χ1v) is 14.7. The summed E-state index contributed by atoms with van der Waals surface area (Å²) in [6.45, 7) is 7.15. The lowest BCUT2D eigenvalue weighted by Gasteiger charge is -2.49. The summed E-state index contributed by atoms with van der Waals surface area (Å²) in [7, 11) is 0. The number of carbonyl (C=O) groups excluding carboxylic acids is 2. The third-order valence-electron chi connectivity index (χ3n) is 9.10. The lowest BCUT2D eigenvalue weighted by atomic mass is 9.61. The number of nitrogens with one attached hydrogen (secondary N) is 3. The van der Waals surface area contributed by atoms with E-state index in [9.17, 15) is 19.1 Å². The summed E-state index contributed by atoms with van der Waals surface area (Å²) in [6, 6.07) is 5.08. The molecule has 8 heteroatoms.